The van der Waals surface area contributed by atoms with E-state index in [-0.39, 0.29) is 23.6 Å². The van der Waals surface area contributed by atoms with Gasteiger partial charge in [0.05, 0.1) is 12.1 Å². The predicted molar refractivity (Wildman–Crippen MR) is 117 cm³/mol. The van der Waals surface area contributed by atoms with Gasteiger partial charge in [-0.15, -0.1) is 0 Å². The number of hydrogen-bond acceptors (Lipinski definition) is 8. The van der Waals surface area contributed by atoms with Gasteiger partial charge in [0.2, 0.25) is 5.91 Å². The van der Waals surface area contributed by atoms with E-state index in [4.69, 9.17) is 10.8 Å². The monoisotopic (exact) mass is 454 g/mol. The number of rotatable bonds is 4. The number of imidazole rings is 1. The highest BCUT2D eigenvalue weighted by molar-refractivity contribution is 5.95. The number of nitrogens with one attached hydrogen (secondary N) is 2. The molecule has 0 atom stereocenters. The summed E-state index contributed by atoms with van der Waals surface area (Å²) in [5, 5.41) is 21.5. The first-order chi connectivity index (χ1) is 15.5. The number of nitrogens with zero attached hydrogens (tertiary/aromatic N) is 3. The number of pyridine rings is 1. The molecule has 4 rings (SSSR count). The first kappa shape index (κ1) is 23.3. The van der Waals surface area contributed by atoms with Crippen molar-refractivity contribution in [3.8, 4) is 11.1 Å². The summed E-state index contributed by atoms with van der Waals surface area (Å²) in [6.45, 7) is 5.38. The fraction of sp³-hybridized carbons (Fsp3) is 0.238. The Bertz CT molecular complexity index is 1380. The van der Waals surface area contributed by atoms with Crippen molar-refractivity contribution in [2.45, 2.75) is 32.8 Å². The highest BCUT2D eigenvalue weighted by Crippen LogP contribution is 2.28. The first-order valence-electron chi connectivity index (χ1n) is 9.69. The van der Waals surface area contributed by atoms with E-state index in [1.165, 1.54) is 6.07 Å². The van der Waals surface area contributed by atoms with Gasteiger partial charge in [-0.25, -0.2) is 14.6 Å². The largest absolute Gasteiger partial charge is 0.474 e. The maximum absolute atomic E-state index is 11.4. The number of amides is 1. The van der Waals surface area contributed by atoms with E-state index < -0.39 is 11.9 Å². The van der Waals surface area contributed by atoms with Crippen molar-refractivity contribution >= 4 is 23.0 Å². The number of H-pyrrole nitrogens is 2. The van der Waals surface area contributed by atoms with Crippen LogP contribution < -0.4 is 11.4 Å². The Hall–Kier alpha value is -4.32. The minimum atomic E-state index is -1.20. The maximum atomic E-state index is 11.4. The Morgan fingerprint density at radius 1 is 1.15 bits per heavy atom. The summed E-state index contributed by atoms with van der Waals surface area (Å²) >= 11 is 0. The number of aromatic nitrogens is 5. The summed E-state index contributed by atoms with van der Waals surface area (Å²) in [5.74, 6) is -1.72. The molecule has 0 radical (unpaired) electrons. The van der Waals surface area contributed by atoms with Crippen LogP contribution in [0.2, 0.25) is 0 Å². The lowest BCUT2D eigenvalue weighted by atomic mass is 9.96. The van der Waals surface area contributed by atoms with Gasteiger partial charge in [-0.05, 0) is 29.3 Å². The Balaban J connectivity index is 0.000000218. The molecule has 0 aliphatic carbocycles. The summed E-state index contributed by atoms with van der Waals surface area (Å²) < 4.78 is 4.49. The van der Waals surface area contributed by atoms with Crippen LogP contribution in [0.15, 0.2) is 39.8 Å². The number of fused-ring (bicyclic) bond motifs is 1. The highest BCUT2D eigenvalue weighted by Gasteiger charge is 2.23. The maximum Gasteiger partial charge on any atom is 0.394 e. The SMILES string of the molecule is CC(C)(C)c1noc(C(=O)O)n1.NC(=O)c1ccc(-c2ccnc3[nH]c(=O)[nH]c23)c(CO)c1. The molecule has 0 unspecified atom stereocenters. The number of nitrogens with two attached hydrogens (primary N) is 1. The van der Waals surface area contributed by atoms with Gasteiger partial charge < -0.3 is 25.5 Å². The van der Waals surface area contributed by atoms with E-state index in [0.29, 0.717) is 39.2 Å². The molecule has 12 nitrogen and oxygen atoms in total. The van der Waals surface area contributed by atoms with Crippen molar-refractivity contribution in [2.75, 3.05) is 0 Å². The van der Waals surface area contributed by atoms with Crippen LogP contribution in [-0.2, 0) is 12.0 Å². The number of carboxylic acid groups (broad SMARTS) is 1. The van der Waals surface area contributed by atoms with E-state index in [9.17, 15) is 19.5 Å². The molecule has 0 saturated heterocycles. The van der Waals surface area contributed by atoms with Crippen molar-refractivity contribution in [2.24, 2.45) is 5.73 Å². The fourth-order valence-corrected chi connectivity index (χ4v) is 2.92. The van der Waals surface area contributed by atoms with Gasteiger partial charge in [-0.1, -0.05) is 32.0 Å². The van der Waals surface area contributed by atoms with Crippen molar-refractivity contribution in [3.63, 3.8) is 0 Å². The van der Waals surface area contributed by atoms with Gasteiger partial charge >= 0.3 is 17.5 Å². The van der Waals surface area contributed by atoms with E-state index in [0.717, 1.165) is 0 Å². The molecule has 12 heteroatoms. The number of hydrogen-bond donors (Lipinski definition) is 5. The van der Waals surface area contributed by atoms with Crippen molar-refractivity contribution < 1.29 is 24.3 Å². The third-order valence-electron chi connectivity index (χ3n) is 4.55. The lowest BCUT2D eigenvalue weighted by Gasteiger charge is -2.10. The lowest BCUT2D eigenvalue weighted by molar-refractivity contribution is 0.0643. The second-order valence-corrected chi connectivity index (χ2v) is 8.03. The number of aromatic carboxylic acids is 1. The molecular formula is C21H22N6O6. The average Bonchev–Trinajstić information content (AvgIpc) is 3.39. The van der Waals surface area contributed by atoms with Crippen LogP contribution in [0.4, 0.5) is 0 Å². The number of aromatic amines is 2. The predicted octanol–water partition coefficient (Wildman–Crippen LogP) is 1.57. The highest BCUT2D eigenvalue weighted by atomic mass is 16.5. The van der Waals surface area contributed by atoms with E-state index in [2.05, 4.69) is 29.6 Å². The molecule has 4 aromatic rings. The van der Waals surface area contributed by atoms with Crippen LogP contribution in [0.1, 0.15) is 53.2 Å². The van der Waals surface area contributed by atoms with Crippen LogP contribution in [0, 0.1) is 0 Å². The second-order valence-electron chi connectivity index (χ2n) is 8.03. The van der Waals surface area contributed by atoms with Gasteiger partial charge in [-0.3, -0.25) is 9.78 Å². The molecule has 0 aliphatic heterocycles. The Morgan fingerprint density at radius 3 is 2.42 bits per heavy atom. The molecule has 0 fully saturated rings. The zero-order valence-corrected chi connectivity index (χ0v) is 18.0. The third-order valence-corrected chi connectivity index (χ3v) is 4.55. The summed E-state index contributed by atoms with van der Waals surface area (Å²) in [7, 11) is 0. The van der Waals surface area contributed by atoms with E-state index in [1.807, 2.05) is 20.8 Å². The standard InChI is InChI=1S/C14H12N4O3.C7H10N2O3/c15-12(20)7-1-2-9(8(5-7)6-19)10-3-4-16-13-11(10)17-14(21)18-13;1-7(2,3)6-8-4(5(10)11)12-9-6/h1-5,19H,6H2,(H2,15,20)(H2,16,17,18,21);1-3H3,(H,10,11). The summed E-state index contributed by atoms with van der Waals surface area (Å²) in [6.07, 6.45) is 1.56. The van der Waals surface area contributed by atoms with Gasteiger partial charge in [-0.2, -0.15) is 4.98 Å². The van der Waals surface area contributed by atoms with Crippen LogP contribution in [0.5, 0.6) is 0 Å². The number of carboxylic acids is 1. The molecule has 0 saturated carbocycles. The van der Waals surface area contributed by atoms with Crippen molar-refractivity contribution in [1.82, 2.24) is 25.1 Å². The number of aliphatic hydroxyl groups is 1. The van der Waals surface area contributed by atoms with Gasteiger partial charge in [0, 0.05) is 22.7 Å². The van der Waals surface area contributed by atoms with Crippen LogP contribution in [0.3, 0.4) is 0 Å². The molecule has 0 aliphatic rings. The Kier molecular flexibility index (Phi) is 6.40. The summed E-state index contributed by atoms with van der Waals surface area (Å²) in [6, 6.07) is 6.53. The number of carbonyl (C=O) groups excluding carboxylic acids is 1. The molecule has 3 heterocycles. The van der Waals surface area contributed by atoms with Crippen molar-refractivity contribution in [1.29, 1.82) is 0 Å². The van der Waals surface area contributed by atoms with Crippen LogP contribution in [-0.4, -0.2) is 47.2 Å². The molecule has 3 aromatic heterocycles. The quantitative estimate of drug-likeness (QED) is 0.303. The molecule has 6 N–H and O–H groups in total. The van der Waals surface area contributed by atoms with Crippen LogP contribution >= 0.6 is 0 Å². The first-order valence-corrected chi connectivity index (χ1v) is 9.69. The van der Waals surface area contributed by atoms with E-state index >= 15 is 0 Å². The number of benzene rings is 1. The summed E-state index contributed by atoms with van der Waals surface area (Å²) in [5.41, 5.74) is 7.84. The zero-order chi connectivity index (χ0) is 24.3. The second kappa shape index (κ2) is 9.04. The zero-order valence-electron chi connectivity index (χ0n) is 18.0. The van der Waals surface area contributed by atoms with Crippen molar-refractivity contribution in [3.05, 3.63) is 63.8 Å². The Morgan fingerprint density at radius 2 is 1.88 bits per heavy atom. The average molecular weight is 454 g/mol. The molecule has 0 spiro atoms. The van der Waals surface area contributed by atoms with Crippen LogP contribution in [0.25, 0.3) is 22.3 Å². The van der Waals surface area contributed by atoms with E-state index in [1.54, 1.807) is 24.4 Å². The van der Waals surface area contributed by atoms with Gasteiger partial charge in [0.15, 0.2) is 11.5 Å². The minimum absolute atomic E-state index is 0.255. The Labute approximate surface area is 186 Å². The molecule has 1 aromatic carbocycles. The topological polar surface area (TPSA) is 201 Å². The van der Waals surface area contributed by atoms with Gasteiger partial charge in [0.25, 0.3) is 0 Å². The fourth-order valence-electron chi connectivity index (χ4n) is 2.92. The molecule has 33 heavy (non-hydrogen) atoms. The van der Waals surface area contributed by atoms with Gasteiger partial charge in [0.1, 0.15) is 0 Å². The summed E-state index contributed by atoms with van der Waals surface area (Å²) in [4.78, 5) is 46.0. The normalized spacial score (nSPS) is 11.2. The third kappa shape index (κ3) is 5.13. The number of carbonyl (C=O) groups is 2. The lowest BCUT2D eigenvalue weighted by Crippen LogP contribution is -2.13. The number of primary amides is 1. The molecule has 1 amide bonds. The molecular weight excluding hydrogens is 432 g/mol. The smallest absolute Gasteiger partial charge is 0.394 e. The number of aliphatic hydroxyl groups excluding tert-OH is 1. The molecule has 0 bridgehead atoms. The minimum Gasteiger partial charge on any atom is -0.474 e. The molecule has 172 valence electrons.